The van der Waals surface area contributed by atoms with Gasteiger partial charge in [-0.05, 0) is 53.9 Å². The first-order valence-electron chi connectivity index (χ1n) is 8.84. The third kappa shape index (κ3) is 5.23. The van der Waals surface area contributed by atoms with E-state index in [2.05, 4.69) is 15.6 Å². The summed E-state index contributed by atoms with van der Waals surface area (Å²) >= 11 is 0. The van der Waals surface area contributed by atoms with Crippen molar-refractivity contribution in [1.82, 2.24) is 4.98 Å². The lowest BCUT2D eigenvalue weighted by atomic mass is 9.91. The van der Waals surface area contributed by atoms with E-state index in [-0.39, 0.29) is 17.6 Å². The molecule has 28 heavy (non-hydrogen) atoms. The Balaban J connectivity index is 1.84. The number of hydrogen-bond acceptors (Lipinski definition) is 3. The van der Waals surface area contributed by atoms with Crippen LogP contribution in [-0.2, 0) is 16.0 Å². The Morgan fingerprint density at radius 1 is 1.00 bits per heavy atom. The highest BCUT2D eigenvalue weighted by Gasteiger charge is 2.22. The molecule has 0 bridgehead atoms. The van der Waals surface area contributed by atoms with E-state index in [0.717, 1.165) is 5.56 Å². The van der Waals surface area contributed by atoms with Gasteiger partial charge < -0.3 is 10.6 Å². The van der Waals surface area contributed by atoms with E-state index in [9.17, 15) is 14.0 Å². The molecule has 1 heterocycles. The van der Waals surface area contributed by atoms with E-state index in [1.807, 2.05) is 12.1 Å². The molecule has 0 radical (unpaired) electrons. The molecule has 1 aromatic heterocycles. The van der Waals surface area contributed by atoms with Gasteiger partial charge in [-0.1, -0.05) is 24.3 Å². The van der Waals surface area contributed by atoms with Gasteiger partial charge in [0, 0.05) is 30.7 Å². The maximum Gasteiger partial charge on any atom is 0.232 e. The van der Waals surface area contributed by atoms with Gasteiger partial charge in [0.2, 0.25) is 11.8 Å². The summed E-state index contributed by atoms with van der Waals surface area (Å²) in [6, 6.07) is 16.5. The quantitative estimate of drug-likeness (QED) is 0.678. The molecule has 5 nitrogen and oxygen atoms in total. The number of amides is 2. The molecule has 0 fully saturated rings. The summed E-state index contributed by atoms with van der Waals surface area (Å²) in [5.74, 6) is -1.29. The number of carbonyl (C=O) groups is 2. The van der Waals surface area contributed by atoms with Crippen LogP contribution in [0.2, 0.25) is 0 Å². The van der Waals surface area contributed by atoms with Crippen LogP contribution in [0.3, 0.4) is 0 Å². The smallest absolute Gasteiger partial charge is 0.232 e. The zero-order valence-electron chi connectivity index (χ0n) is 15.4. The number of benzene rings is 2. The van der Waals surface area contributed by atoms with Gasteiger partial charge in [0.25, 0.3) is 0 Å². The number of hydrogen-bond donors (Lipinski definition) is 2. The van der Waals surface area contributed by atoms with Gasteiger partial charge in [-0.3, -0.25) is 14.6 Å². The Labute approximate surface area is 162 Å². The molecule has 0 saturated carbocycles. The highest BCUT2D eigenvalue weighted by molar-refractivity contribution is 5.97. The third-order valence-electron chi connectivity index (χ3n) is 4.20. The van der Waals surface area contributed by atoms with Crippen LogP contribution < -0.4 is 10.6 Å². The number of carbonyl (C=O) groups excluding carboxylic acids is 2. The molecule has 0 saturated heterocycles. The lowest BCUT2D eigenvalue weighted by Gasteiger charge is -2.18. The lowest BCUT2D eigenvalue weighted by Crippen LogP contribution is -2.23. The fourth-order valence-electron chi connectivity index (χ4n) is 2.92. The summed E-state index contributed by atoms with van der Waals surface area (Å²) < 4.78 is 13.3. The number of nitrogens with zero attached hydrogens (tertiary/aromatic N) is 1. The second kappa shape index (κ2) is 8.90. The molecule has 0 spiro atoms. The fraction of sp³-hybridized carbons (Fsp3) is 0.136. The minimum atomic E-state index is -0.519. The summed E-state index contributed by atoms with van der Waals surface area (Å²) in [7, 11) is 0. The molecule has 2 amide bonds. The Morgan fingerprint density at radius 2 is 1.71 bits per heavy atom. The number of rotatable bonds is 6. The monoisotopic (exact) mass is 377 g/mol. The Kier molecular flexibility index (Phi) is 6.11. The molecular weight excluding hydrogens is 357 g/mol. The first-order valence-corrected chi connectivity index (χ1v) is 8.84. The van der Waals surface area contributed by atoms with E-state index < -0.39 is 5.92 Å². The molecule has 6 heteroatoms. The van der Waals surface area contributed by atoms with Gasteiger partial charge in [0.05, 0.1) is 5.92 Å². The summed E-state index contributed by atoms with van der Waals surface area (Å²) in [6.07, 6.45) is 3.81. The number of anilines is 2. The number of pyridine rings is 1. The summed E-state index contributed by atoms with van der Waals surface area (Å²) in [5.41, 5.74) is 2.77. The normalized spacial score (nSPS) is 11.5. The van der Waals surface area contributed by atoms with Crippen molar-refractivity contribution >= 4 is 23.2 Å². The molecule has 2 aromatic carbocycles. The van der Waals surface area contributed by atoms with Crippen molar-refractivity contribution in [2.24, 2.45) is 0 Å². The van der Waals surface area contributed by atoms with Crippen molar-refractivity contribution in [2.45, 2.75) is 19.3 Å². The lowest BCUT2D eigenvalue weighted by molar-refractivity contribution is -0.117. The average molecular weight is 377 g/mol. The highest BCUT2D eigenvalue weighted by atomic mass is 19.1. The number of aromatic nitrogens is 1. The summed E-state index contributed by atoms with van der Waals surface area (Å²) in [6.45, 7) is 1.42. The Hall–Kier alpha value is -3.54. The van der Waals surface area contributed by atoms with Gasteiger partial charge in [-0.15, -0.1) is 0 Å². The zero-order valence-corrected chi connectivity index (χ0v) is 15.4. The van der Waals surface area contributed by atoms with Crippen LogP contribution in [0.4, 0.5) is 15.8 Å². The maximum absolute atomic E-state index is 13.3. The summed E-state index contributed by atoms with van der Waals surface area (Å²) in [5, 5.41) is 5.57. The van der Waals surface area contributed by atoms with Crippen LogP contribution in [-0.4, -0.2) is 16.8 Å². The topological polar surface area (TPSA) is 71.1 Å². The van der Waals surface area contributed by atoms with Crippen LogP contribution in [0.1, 0.15) is 24.0 Å². The molecule has 0 aliphatic heterocycles. The number of halogens is 1. The van der Waals surface area contributed by atoms with Gasteiger partial charge in [-0.2, -0.15) is 0 Å². The van der Waals surface area contributed by atoms with Crippen molar-refractivity contribution in [3.63, 3.8) is 0 Å². The van der Waals surface area contributed by atoms with E-state index in [4.69, 9.17) is 0 Å². The SMILES string of the molecule is CC(=O)Nc1cccc(NC(=O)C(Cc2cccnc2)c2ccc(F)cc2)c1. The van der Waals surface area contributed by atoms with Crippen molar-refractivity contribution < 1.29 is 14.0 Å². The fourth-order valence-corrected chi connectivity index (χ4v) is 2.92. The second-order valence-electron chi connectivity index (χ2n) is 6.42. The molecule has 3 aromatic rings. The Morgan fingerprint density at radius 3 is 2.36 bits per heavy atom. The predicted molar refractivity (Wildman–Crippen MR) is 106 cm³/mol. The van der Waals surface area contributed by atoms with Crippen molar-refractivity contribution in [3.8, 4) is 0 Å². The van der Waals surface area contributed by atoms with Crippen LogP contribution in [0, 0.1) is 5.82 Å². The molecule has 3 rings (SSSR count). The minimum absolute atomic E-state index is 0.191. The molecule has 0 aliphatic carbocycles. The van der Waals surface area contributed by atoms with Gasteiger partial charge in [0.1, 0.15) is 5.82 Å². The van der Waals surface area contributed by atoms with E-state index >= 15 is 0 Å². The van der Waals surface area contributed by atoms with E-state index in [1.54, 1.807) is 48.8 Å². The van der Waals surface area contributed by atoms with Gasteiger partial charge in [-0.25, -0.2) is 4.39 Å². The summed E-state index contributed by atoms with van der Waals surface area (Å²) in [4.78, 5) is 28.4. The molecule has 0 aliphatic rings. The highest BCUT2D eigenvalue weighted by Crippen LogP contribution is 2.24. The molecule has 2 N–H and O–H groups in total. The van der Waals surface area contributed by atoms with Crippen molar-refractivity contribution in [1.29, 1.82) is 0 Å². The maximum atomic E-state index is 13.3. The van der Waals surface area contributed by atoms with E-state index in [0.29, 0.717) is 23.4 Å². The molecule has 1 unspecified atom stereocenters. The molecule has 1 atom stereocenters. The molecular formula is C22H20FN3O2. The average Bonchev–Trinajstić information content (AvgIpc) is 2.67. The Bertz CT molecular complexity index is 959. The first-order chi connectivity index (χ1) is 13.5. The van der Waals surface area contributed by atoms with Crippen LogP contribution in [0.15, 0.2) is 73.1 Å². The van der Waals surface area contributed by atoms with Crippen molar-refractivity contribution in [3.05, 3.63) is 90.0 Å². The van der Waals surface area contributed by atoms with Crippen LogP contribution >= 0.6 is 0 Å². The number of nitrogens with one attached hydrogen (secondary N) is 2. The van der Waals surface area contributed by atoms with Gasteiger partial charge >= 0.3 is 0 Å². The largest absolute Gasteiger partial charge is 0.326 e. The van der Waals surface area contributed by atoms with Crippen LogP contribution in [0.5, 0.6) is 0 Å². The molecule has 142 valence electrons. The minimum Gasteiger partial charge on any atom is -0.326 e. The first kappa shape index (κ1) is 19.2. The standard InChI is InChI=1S/C22H20FN3O2/c1-15(27)25-19-5-2-6-20(13-19)26-22(28)21(12-16-4-3-11-24-14-16)17-7-9-18(23)10-8-17/h2-11,13-14,21H,12H2,1H3,(H,25,27)(H,26,28). The van der Waals surface area contributed by atoms with Gasteiger partial charge in [0.15, 0.2) is 0 Å². The predicted octanol–water partition coefficient (Wildman–Crippen LogP) is 4.14. The van der Waals surface area contributed by atoms with Crippen molar-refractivity contribution in [2.75, 3.05) is 10.6 Å². The van der Waals surface area contributed by atoms with Crippen LogP contribution in [0.25, 0.3) is 0 Å². The second-order valence-corrected chi connectivity index (χ2v) is 6.42. The van der Waals surface area contributed by atoms with E-state index in [1.165, 1.54) is 19.1 Å². The third-order valence-corrected chi connectivity index (χ3v) is 4.20. The zero-order chi connectivity index (χ0) is 19.9.